The Bertz CT molecular complexity index is 613. The predicted molar refractivity (Wildman–Crippen MR) is 76.2 cm³/mol. The maximum absolute atomic E-state index is 12.0. The van der Waals surface area contributed by atoms with Gasteiger partial charge in [-0.05, 0) is 6.07 Å². The maximum atomic E-state index is 12.0. The molecular formula is C13H16N6O. The van der Waals surface area contributed by atoms with Crippen molar-refractivity contribution in [2.75, 3.05) is 24.7 Å². The minimum absolute atomic E-state index is 0.115. The quantitative estimate of drug-likeness (QED) is 0.838. The van der Waals surface area contributed by atoms with E-state index in [2.05, 4.69) is 20.3 Å². The van der Waals surface area contributed by atoms with Crippen LogP contribution in [0, 0.1) is 0 Å². The molecule has 0 spiro atoms. The van der Waals surface area contributed by atoms with E-state index in [0.29, 0.717) is 6.54 Å². The first-order valence-electron chi connectivity index (χ1n) is 6.05. The third-order valence-electron chi connectivity index (χ3n) is 2.67. The highest BCUT2D eigenvalue weighted by atomic mass is 16.1. The fraction of sp³-hybridized carbons (Fsp3) is 0.231. The lowest BCUT2D eigenvalue weighted by molar-refractivity contribution is 0.0946. The number of pyridine rings is 1. The molecule has 20 heavy (non-hydrogen) atoms. The van der Waals surface area contributed by atoms with Gasteiger partial charge in [-0.25, -0.2) is 15.0 Å². The molecule has 0 saturated heterocycles. The third-order valence-corrected chi connectivity index (χ3v) is 2.67. The van der Waals surface area contributed by atoms with Crippen LogP contribution < -0.4 is 16.0 Å². The van der Waals surface area contributed by atoms with Gasteiger partial charge in [0.1, 0.15) is 5.82 Å². The lowest BCUT2D eigenvalue weighted by atomic mass is 10.2. The number of nitrogens with two attached hydrogens (primary N) is 1. The van der Waals surface area contributed by atoms with Crippen molar-refractivity contribution in [3.05, 3.63) is 42.0 Å². The lowest BCUT2D eigenvalue weighted by Gasteiger charge is -2.16. The predicted octanol–water partition coefficient (Wildman–Crippen LogP) is 0.450. The number of carbonyl (C=O) groups is 1. The number of nitrogens with zero attached hydrogens (tertiary/aromatic N) is 4. The van der Waals surface area contributed by atoms with Gasteiger partial charge in [0.2, 0.25) is 0 Å². The van der Waals surface area contributed by atoms with Gasteiger partial charge in [0.15, 0.2) is 11.5 Å². The number of anilines is 2. The summed E-state index contributed by atoms with van der Waals surface area (Å²) in [5, 5.41) is 2.76. The second-order valence-electron chi connectivity index (χ2n) is 4.35. The molecule has 0 saturated carbocycles. The van der Waals surface area contributed by atoms with Gasteiger partial charge in [0, 0.05) is 44.8 Å². The topological polar surface area (TPSA) is 97.0 Å². The highest BCUT2D eigenvalue weighted by Gasteiger charge is 2.13. The molecule has 7 nitrogen and oxygen atoms in total. The van der Waals surface area contributed by atoms with Crippen molar-refractivity contribution in [3.8, 4) is 0 Å². The molecule has 2 aromatic heterocycles. The average molecular weight is 272 g/mol. The Balaban J connectivity index is 2.10. The van der Waals surface area contributed by atoms with Crippen LogP contribution in [0.1, 0.15) is 16.1 Å². The van der Waals surface area contributed by atoms with E-state index in [1.54, 1.807) is 6.20 Å². The second-order valence-corrected chi connectivity index (χ2v) is 4.35. The Hall–Kier alpha value is -2.70. The Morgan fingerprint density at radius 2 is 2.00 bits per heavy atom. The molecule has 1 amide bonds. The van der Waals surface area contributed by atoms with E-state index in [1.165, 1.54) is 12.4 Å². The number of amides is 1. The number of rotatable bonds is 4. The zero-order valence-corrected chi connectivity index (χ0v) is 11.4. The summed E-state index contributed by atoms with van der Waals surface area (Å²) in [5.41, 5.74) is 6.65. The van der Waals surface area contributed by atoms with Gasteiger partial charge in [-0.3, -0.25) is 4.79 Å². The first-order chi connectivity index (χ1) is 9.59. The van der Waals surface area contributed by atoms with Crippen LogP contribution in [-0.4, -0.2) is 35.0 Å². The molecule has 0 fully saturated rings. The summed E-state index contributed by atoms with van der Waals surface area (Å²) < 4.78 is 0. The smallest absolute Gasteiger partial charge is 0.273 e. The number of carbonyl (C=O) groups excluding carboxylic acids is 1. The van der Waals surface area contributed by atoms with Crippen molar-refractivity contribution in [2.45, 2.75) is 6.54 Å². The van der Waals surface area contributed by atoms with Gasteiger partial charge in [0.25, 0.3) is 5.91 Å². The standard InChI is InChI=1S/C13H16N6O/c1-19(2)12-9(4-3-5-17-12)8-18-13(20)10-11(14)16-7-6-15-10/h3-7H,8H2,1-2H3,(H2,14,16)(H,18,20). The maximum Gasteiger partial charge on any atom is 0.273 e. The molecular weight excluding hydrogens is 256 g/mol. The average Bonchev–Trinajstić information content (AvgIpc) is 2.45. The van der Waals surface area contributed by atoms with Crippen LogP contribution in [0.2, 0.25) is 0 Å². The molecule has 0 atom stereocenters. The molecule has 0 aliphatic heterocycles. The van der Waals surface area contributed by atoms with Gasteiger partial charge >= 0.3 is 0 Å². The molecule has 0 radical (unpaired) electrons. The summed E-state index contributed by atoms with van der Waals surface area (Å²) >= 11 is 0. The lowest BCUT2D eigenvalue weighted by Crippen LogP contribution is -2.26. The molecule has 2 rings (SSSR count). The summed E-state index contributed by atoms with van der Waals surface area (Å²) in [6.45, 7) is 0.343. The summed E-state index contributed by atoms with van der Waals surface area (Å²) in [6, 6.07) is 3.73. The number of hydrogen-bond acceptors (Lipinski definition) is 6. The van der Waals surface area contributed by atoms with E-state index in [1.807, 2.05) is 31.1 Å². The Morgan fingerprint density at radius 3 is 2.70 bits per heavy atom. The van der Waals surface area contributed by atoms with Gasteiger partial charge in [-0.15, -0.1) is 0 Å². The summed E-state index contributed by atoms with van der Waals surface area (Å²) in [6.07, 6.45) is 4.58. The fourth-order valence-corrected chi connectivity index (χ4v) is 1.75. The molecule has 7 heteroatoms. The van der Waals surface area contributed by atoms with Crippen molar-refractivity contribution in [1.29, 1.82) is 0 Å². The largest absolute Gasteiger partial charge is 0.382 e. The first-order valence-corrected chi connectivity index (χ1v) is 6.05. The van der Waals surface area contributed by atoms with E-state index < -0.39 is 0 Å². The number of nitrogen functional groups attached to an aromatic ring is 1. The van der Waals surface area contributed by atoms with E-state index in [0.717, 1.165) is 11.4 Å². The van der Waals surface area contributed by atoms with Crippen molar-refractivity contribution in [1.82, 2.24) is 20.3 Å². The first kappa shape index (κ1) is 13.7. The molecule has 0 bridgehead atoms. The SMILES string of the molecule is CN(C)c1ncccc1CNC(=O)c1nccnc1N. The molecule has 2 heterocycles. The number of hydrogen-bond donors (Lipinski definition) is 2. The summed E-state index contributed by atoms with van der Waals surface area (Å²) in [4.78, 5) is 25.9. The highest BCUT2D eigenvalue weighted by Crippen LogP contribution is 2.14. The van der Waals surface area contributed by atoms with E-state index in [-0.39, 0.29) is 17.4 Å². The molecule has 0 unspecified atom stereocenters. The van der Waals surface area contributed by atoms with Crippen LogP contribution in [-0.2, 0) is 6.54 Å². The van der Waals surface area contributed by atoms with Crippen LogP contribution in [0.5, 0.6) is 0 Å². The van der Waals surface area contributed by atoms with E-state index >= 15 is 0 Å². The van der Waals surface area contributed by atoms with E-state index in [4.69, 9.17) is 5.73 Å². The zero-order valence-electron chi connectivity index (χ0n) is 11.4. The van der Waals surface area contributed by atoms with Gasteiger partial charge in [-0.2, -0.15) is 0 Å². The van der Waals surface area contributed by atoms with Crippen LogP contribution >= 0.6 is 0 Å². The second kappa shape index (κ2) is 5.96. The number of aromatic nitrogens is 3. The van der Waals surface area contributed by atoms with Gasteiger partial charge in [-0.1, -0.05) is 6.07 Å². The van der Waals surface area contributed by atoms with Crippen molar-refractivity contribution < 1.29 is 4.79 Å². The van der Waals surface area contributed by atoms with Crippen molar-refractivity contribution >= 4 is 17.5 Å². The number of nitrogens with one attached hydrogen (secondary N) is 1. The van der Waals surface area contributed by atoms with E-state index in [9.17, 15) is 4.79 Å². The third kappa shape index (κ3) is 3.00. The molecule has 3 N–H and O–H groups in total. The summed E-state index contributed by atoms with van der Waals surface area (Å²) in [5.74, 6) is 0.563. The van der Waals surface area contributed by atoms with Crippen LogP contribution in [0.15, 0.2) is 30.7 Å². The minimum Gasteiger partial charge on any atom is -0.382 e. The monoisotopic (exact) mass is 272 g/mol. The molecule has 0 aromatic carbocycles. The van der Waals surface area contributed by atoms with Crippen molar-refractivity contribution in [3.63, 3.8) is 0 Å². The molecule has 0 aliphatic carbocycles. The van der Waals surface area contributed by atoms with Gasteiger partial charge < -0.3 is 16.0 Å². The zero-order chi connectivity index (χ0) is 14.5. The minimum atomic E-state index is -0.357. The molecule has 0 aliphatic rings. The fourth-order valence-electron chi connectivity index (χ4n) is 1.75. The van der Waals surface area contributed by atoms with Crippen LogP contribution in [0.25, 0.3) is 0 Å². The Labute approximate surface area is 116 Å². The highest BCUT2D eigenvalue weighted by molar-refractivity contribution is 5.96. The van der Waals surface area contributed by atoms with Gasteiger partial charge in [0.05, 0.1) is 0 Å². The Kier molecular flexibility index (Phi) is 4.09. The Morgan fingerprint density at radius 1 is 1.25 bits per heavy atom. The normalized spacial score (nSPS) is 10.1. The summed E-state index contributed by atoms with van der Waals surface area (Å²) in [7, 11) is 3.79. The molecule has 2 aromatic rings. The van der Waals surface area contributed by atoms with Crippen LogP contribution in [0.3, 0.4) is 0 Å². The van der Waals surface area contributed by atoms with Crippen LogP contribution in [0.4, 0.5) is 11.6 Å². The molecule has 104 valence electrons. The van der Waals surface area contributed by atoms with Crippen molar-refractivity contribution in [2.24, 2.45) is 0 Å².